The van der Waals surface area contributed by atoms with Crippen LogP contribution < -0.4 is 14.4 Å². The average molecular weight is 540 g/mol. The van der Waals surface area contributed by atoms with Crippen LogP contribution in [0.25, 0.3) is 5.76 Å². The maximum atomic E-state index is 13.5. The third-order valence-corrected chi connectivity index (χ3v) is 7.74. The molecule has 1 aliphatic heterocycles. The third-order valence-electron chi connectivity index (χ3n) is 6.37. The number of halogens is 1. The first-order valence-electron chi connectivity index (χ1n) is 12.0. The van der Waals surface area contributed by atoms with Crippen molar-refractivity contribution in [3.8, 4) is 11.5 Å². The number of carbonyl (C=O) groups is 2. The average Bonchev–Trinajstić information content (AvgIpc) is 3.38. The van der Waals surface area contributed by atoms with Gasteiger partial charge in [0.15, 0.2) is 0 Å². The van der Waals surface area contributed by atoms with Gasteiger partial charge in [0, 0.05) is 21.7 Å². The molecule has 1 amide bonds. The van der Waals surface area contributed by atoms with Gasteiger partial charge >= 0.3 is 0 Å². The van der Waals surface area contributed by atoms with Crippen molar-refractivity contribution in [2.75, 3.05) is 18.6 Å². The number of nitrogens with zero attached hydrogens (tertiary/aromatic N) is 1. The minimum Gasteiger partial charge on any atom is -0.507 e. The van der Waals surface area contributed by atoms with Gasteiger partial charge in [0.05, 0.1) is 24.3 Å². The van der Waals surface area contributed by atoms with E-state index in [-0.39, 0.29) is 16.7 Å². The molecule has 1 N–H and O–H groups in total. The summed E-state index contributed by atoms with van der Waals surface area (Å²) in [6.45, 7) is 10.5. The quantitative estimate of drug-likeness (QED) is 0.206. The molecule has 0 aliphatic carbocycles. The van der Waals surface area contributed by atoms with E-state index in [4.69, 9.17) is 21.1 Å². The van der Waals surface area contributed by atoms with Crippen molar-refractivity contribution in [3.05, 3.63) is 80.0 Å². The van der Waals surface area contributed by atoms with Crippen LogP contribution in [0.1, 0.15) is 55.3 Å². The number of aryl methyl sites for hydroxylation is 1. The Morgan fingerprint density at radius 3 is 2.38 bits per heavy atom. The Kier molecular flexibility index (Phi) is 7.40. The predicted octanol–water partition coefficient (Wildman–Crippen LogP) is 7.04. The van der Waals surface area contributed by atoms with E-state index in [1.807, 2.05) is 31.4 Å². The highest BCUT2D eigenvalue weighted by molar-refractivity contribution is 7.10. The molecule has 1 unspecified atom stereocenters. The number of aliphatic hydroxyl groups is 1. The van der Waals surface area contributed by atoms with Crippen LogP contribution in [-0.2, 0) is 15.0 Å². The summed E-state index contributed by atoms with van der Waals surface area (Å²) in [5.41, 5.74) is 2.43. The van der Waals surface area contributed by atoms with Crippen LogP contribution in [0.2, 0.25) is 5.02 Å². The summed E-state index contributed by atoms with van der Waals surface area (Å²) in [6.07, 6.45) is 0. The number of methoxy groups -OCH3 is 1. The first kappa shape index (κ1) is 26.8. The predicted molar refractivity (Wildman–Crippen MR) is 148 cm³/mol. The summed E-state index contributed by atoms with van der Waals surface area (Å²) < 4.78 is 11.1. The SMILES string of the molecule is CCOc1ccc(/C(O)=C2/C(=O)C(=O)N(c3ccc(OC)c(Cl)c3)C2c2sccc2C)cc1C(C)(C)C. The van der Waals surface area contributed by atoms with Gasteiger partial charge in [-0.3, -0.25) is 14.5 Å². The second-order valence-corrected chi connectivity index (χ2v) is 11.2. The van der Waals surface area contributed by atoms with Crippen molar-refractivity contribution in [1.29, 1.82) is 0 Å². The highest BCUT2D eigenvalue weighted by atomic mass is 35.5. The number of hydrogen-bond donors (Lipinski definition) is 1. The fourth-order valence-electron chi connectivity index (χ4n) is 4.52. The normalized spacial score (nSPS) is 17.4. The Morgan fingerprint density at radius 2 is 1.81 bits per heavy atom. The molecule has 37 heavy (non-hydrogen) atoms. The molecule has 2 aromatic carbocycles. The largest absolute Gasteiger partial charge is 0.507 e. The summed E-state index contributed by atoms with van der Waals surface area (Å²) >= 11 is 7.80. The van der Waals surface area contributed by atoms with Gasteiger partial charge in [0.25, 0.3) is 11.7 Å². The lowest BCUT2D eigenvalue weighted by Gasteiger charge is -2.26. The molecule has 0 bridgehead atoms. The van der Waals surface area contributed by atoms with Crippen LogP contribution >= 0.6 is 22.9 Å². The van der Waals surface area contributed by atoms with E-state index in [9.17, 15) is 14.7 Å². The van der Waals surface area contributed by atoms with Gasteiger partial charge in [-0.25, -0.2) is 0 Å². The van der Waals surface area contributed by atoms with E-state index in [2.05, 4.69) is 20.8 Å². The van der Waals surface area contributed by atoms with Crippen molar-refractivity contribution < 1.29 is 24.2 Å². The fraction of sp³-hybridized carbons (Fsp3) is 0.310. The standard InChI is InChI=1S/C29H30ClNO5S/c1-7-36-21-10-8-17(14-19(21)29(3,4)5)25(32)23-24(27-16(2)12-13-37-27)31(28(34)26(23)33)18-9-11-22(35-6)20(30)15-18/h8-15,24,32H,7H2,1-6H3/b25-23-. The summed E-state index contributed by atoms with van der Waals surface area (Å²) in [5.74, 6) is -0.553. The molecule has 1 saturated heterocycles. The highest BCUT2D eigenvalue weighted by Gasteiger charge is 2.48. The smallest absolute Gasteiger partial charge is 0.300 e. The van der Waals surface area contributed by atoms with Crippen molar-refractivity contribution in [2.45, 2.75) is 46.1 Å². The summed E-state index contributed by atoms with van der Waals surface area (Å²) in [4.78, 5) is 29.1. The number of Topliss-reactive ketones (excluding diaryl/α,β-unsaturated/α-hetero) is 1. The molecule has 2 heterocycles. The number of carbonyl (C=O) groups excluding carboxylic acids is 2. The first-order chi connectivity index (χ1) is 17.5. The van der Waals surface area contributed by atoms with Gasteiger partial charge in [0.2, 0.25) is 0 Å². The Morgan fingerprint density at radius 1 is 1.11 bits per heavy atom. The number of benzene rings is 2. The lowest BCUT2D eigenvalue weighted by Crippen LogP contribution is -2.29. The number of ketones is 1. The number of amides is 1. The molecule has 0 spiro atoms. The lowest BCUT2D eigenvalue weighted by molar-refractivity contribution is -0.132. The van der Waals surface area contributed by atoms with E-state index < -0.39 is 17.7 Å². The monoisotopic (exact) mass is 539 g/mol. The Bertz CT molecular complexity index is 1400. The van der Waals surface area contributed by atoms with Crippen molar-refractivity contribution in [1.82, 2.24) is 0 Å². The van der Waals surface area contributed by atoms with Gasteiger partial charge in [-0.1, -0.05) is 32.4 Å². The lowest BCUT2D eigenvalue weighted by atomic mass is 9.84. The van der Waals surface area contributed by atoms with Crippen LogP contribution in [0, 0.1) is 6.92 Å². The molecule has 6 nitrogen and oxygen atoms in total. The second kappa shape index (κ2) is 10.2. The zero-order valence-corrected chi connectivity index (χ0v) is 23.3. The Balaban J connectivity index is 1.94. The zero-order valence-electron chi connectivity index (χ0n) is 21.7. The molecule has 0 saturated carbocycles. The Hall–Kier alpha value is -3.29. The van der Waals surface area contributed by atoms with E-state index >= 15 is 0 Å². The summed E-state index contributed by atoms with van der Waals surface area (Å²) in [6, 6.07) is 11.4. The number of aliphatic hydroxyl groups excluding tert-OH is 1. The maximum Gasteiger partial charge on any atom is 0.300 e. The van der Waals surface area contributed by atoms with Crippen LogP contribution in [0.15, 0.2) is 53.4 Å². The molecule has 4 rings (SSSR count). The van der Waals surface area contributed by atoms with E-state index in [1.165, 1.54) is 23.3 Å². The van der Waals surface area contributed by atoms with Crippen molar-refractivity contribution in [3.63, 3.8) is 0 Å². The molecule has 1 aromatic heterocycles. The number of ether oxygens (including phenoxy) is 2. The number of thiophene rings is 1. The molecule has 0 radical (unpaired) electrons. The number of hydrogen-bond acceptors (Lipinski definition) is 6. The number of anilines is 1. The van der Waals surface area contributed by atoms with Gasteiger partial charge in [-0.15, -0.1) is 11.3 Å². The summed E-state index contributed by atoms with van der Waals surface area (Å²) in [7, 11) is 1.50. The Labute approximate surface area is 226 Å². The molecular weight excluding hydrogens is 510 g/mol. The van der Waals surface area contributed by atoms with Gasteiger partial charge in [0.1, 0.15) is 23.3 Å². The number of rotatable bonds is 6. The van der Waals surface area contributed by atoms with E-state index in [1.54, 1.807) is 30.3 Å². The van der Waals surface area contributed by atoms with Crippen LogP contribution in [0.3, 0.4) is 0 Å². The highest BCUT2D eigenvalue weighted by Crippen LogP contribution is 2.46. The third kappa shape index (κ3) is 4.86. The topological polar surface area (TPSA) is 76.1 Å². The maximum absolute atomic E-state index is 13.5. The van der Waals surface area contributed by atoms with Crippen molar-refractivity contribution >= 4 is 46.1 Å². The molecule has 3 aromatic rings. The molecule has 194 valence electrons. The molecule has 1 atom stereocenters. The van der Waals surface area contributed by atoms with Gasteiger partial charge < -0.3 is 14.6 Å². The molecule has 1 fully saturated rings. The second-order valence-electron chi connectivity index (χ2n) is 9.85. The molecule has 8 heteroatoms. The summed E-state index contributed by atoms with van der Waals surface area (Å²) in [5, 5.41) is 13.8. The zero-order chi connectivity index (χ0) is 27.1. The fourth-order valence-corrected chi connectivity index (χ4v) is 5.79. The van der Waals surface area contributed by atoms with Gasteiger partial charge in [-0.2, -0.15) is 0 Å². The van der Waals surface area contributed by atoms with Crippen LogP contribution in [0.5, 0.6) is 11.5 Å². The van der Waals surface area contributed by atoms with Crippen LogP contribution in [-0.4, -0.2) is 30.5 Å². The molecule has 1 aliphatic rings. The van der Waals surface area contributed by atoms with Crippen molar-refractivity contribution in [2.24, 2.45) is 0 Å². The molecular formula is C29H30ClNO5S. The van der Waals surface area contributed by atoms with Crippen LogP contribution in [0.4, 0.5) is 5.69 Å². The first-order valence-corrected chi connectivity index (χ1v) is 13.2. The van der Waals surface area contributed by atoms with E-state index in [0.717, 1.165) is 16.0 Å². The minimum atomic E-state index is -0.811. The van der Waals surface area contributed by atoms with E-state index in [0.29, 0.717) is 34.4 Å². The van der Waals surface area contributed by atoms with Gasteiger partial charge in [-0.05, 0) is 72.7 Å². The minimum absolute atomic E-state index is 0.0338.